The van der Waals surface area contributed by atoms with E-state index >= 15 is 0 Å². The predicted octanol–water partition coefficient (Wildman–Crippen LogP) is 4.66. The van der Waals surface area contributed by atoms with E-state index in [0.717, 1.165) is 16.3 Å². The number of fused-ring (bicyclic) bond motifs is 1. The Morgan fingerprint density at radius 2 is 1.67 bits per heavy atom. The molecule has 0 saturated carbocycles. The second-order valence-electron chi connectivity index (χ2n) is 4.38. The number of hydrogen-bond acceptors (Lipinski definition) is 3. The van der Waals surface area contributed by atoms with E-state index in [2.05, 4.69) is 48.4 Å². The highest BCUT2D eigenvalue weighted by Crippen LogP contribution is 2.30. The van der Waals surface area contributed by atoms with Gasteiger partial charge >= 0.3 is 0 Å². The van der Waals surface area contributed by atoms with Gasteiger partial charge in [-0.1, -0.05) is 41.7 Å². The molecule has 0 aliphatic rings. The van der Waals surface area contributed by atoms with Gasteiger partial charge in [0.15, 0.2) is 5.13 Å². The van der Waals surface area contributed by atoms with Crippen LogP contribution in [0.25, 0.3) is 10.2 Å². The van der Waals surface area contributed by atoms with Gasteiger partial charge in [0, 0.05) is 5.69 Å². The Hall–Kier alpha value is -1.87. The summed E-state index contributed by atoms with van der Waals surface area (Å²) in [5.41, 5.74) is 4.70. The van der Waals surface area contributed by atoms with Crippen molar-refractivity contribution in [2.45, 2.75) is 13.8 Å². The van der Waals surface area contributed by atoms with Gasteiger partial charge in [-0.3, -0.25) is 0 Å². The van der Waals surface area contributed by atoms with Crippen LogP contribution in [-0.2, 0) is 0 Å². The first-order valence-electron chi connectivity index (χ1n) is 5.93. The predicted molar refractivity (Wildman–Crippen MR) is 78.8 cm³/mol. The molecule has 3 rings (SSSR count). The van der Waals surface area contributed by atoms with Crippen molar-refractivity contribution in [3.63, 3.8) is 0 Å². The van der Waals surface area contributed by atoms with Crippen LogP contribution in [0.1, 0.15) is 11.1 Å². The molecule has 0 unspecified atom stereocenters. The van der Waals surface area contributed by atoms with Crippen LogP contribution >= 0.6 is 11.3 Å². The first-order chi connectivity index (χ1) is 8.74. The maximum absolute atomic E-state index is 4.60. The zero-order valence-electron chi connectivity index (χ0n) is 10.4. The average Bonchev–Trinajstić information content (AvgIpc) is 2.76. The molecule has 0 bridgehead atoms. The van der Waals surface area contributed by atoms with Crippen molar-refractivity contribution in [1.29, 1.82) is 0 Å². The molecule has 0 fully saturated rings. The van der Waals surface area contributed by atoms with Crippen LogP contribution in [0.3, 0.4) is 0 Å². The van der Waals surface area contributed by atoms with Gasteiger partial charge in [-0.2, -0.15) is 0 Å². The van der Waals surface area contributed by atoms with Crippen molar-refractivity contribution < 1.29 is 0 Å². The zero-order chi connectivity index (χ0) is 12.5. The first-order valence-corrected chi connectivity index (χ1v) is 6.74. The lowest BCUT2D eigenvalue weighted by molar-refractivity contribution is 1.34. The summed E-state index contributed by atoms with van der Waals surface area (Å²) in [6, 6.07) is 14.5. The van der Waals surface area contributed by atoms with E-state index in [1.165, 1.54) is 15.8 Å². The molecule has 3 aromatic rings. The number of para-hydroxylation sites is 2. The number of rotatable bonds is 2. The topological polar surface area (TPSA) is 24.9 Å². The molecule has 1 aromatic heterocycles. The Morgan fingerprint density at radius 3 is 2.39 bits per heavy atom. The molecule has 1 heterocycles. The number of aromatic nitrogens is 1. The third kappa shape index (κ3) is 1.97. The minimum atomic E-state index is 0.952. The van der Waals surface area contributed by atoms with E-state index in [-0.39, 0.29) is 0 Å². The molecule has 2 aromatic carbocycles. The van der Waals surface area contributed by atoms with E-state index in [4.69, 9.17) is 0 Å². The summed E-state index contributed by atoms with van der Waals surface area (Å²) in [4.78, 5) is 4.60. The van der Waals surface area contributed by atoms with Crippen LogP contribution in [0.15, 0.2) is 42.5 Å². The lowest BCUT2D eigenvalue weighted by atomic mass is 10.1. The summed E-state index contributed by atoms with van der Waals surface area (Å²) in [6.45, 7) is 4.23. The summed E-state index contributed by atoms with van der Waals surface area (Å²) >= 11 is 1.69. The van der Waals surface area contributed by atoms with Crippen molar-refractivity contribution in [2.24, 2.45) is 0 Å². The molecular formula is C15H14N2S. The van der Waals surface area contributed by atoms with Crippen molar-refractivity contribution >= 4 is 32.4 Å². The highest BCUT2D eigenvalue weighted by Gasteiger charge is 2.06. The van der Waals surface area contributed by atoms with E-state index in [1.54, 1.807) is 11.3 Å². The van der Waals surface area contributed by atoms with Crippen LogP contribution in [0.4, 0.5) is 10.8 Å². The Bertz CT molecular complexity index is 647. The van der Waals surface area contributed by atoms with Crippen LogP contribution in [0.5, 0.6) is 0 Å². The third-order valence-electron chi connectivity index (χ3n) is 3.01. The van der Waals surface area contributed by atoms with Gasteiger partial charge in [0.2, 0.25) is 0 Å². The number of thiazole rings is 1. The van der Waals surface area contributed by atoms with Crippen LogP contribution in [-0.4, -0.2) is 4.98 Å². The Labute approximate surface area is 110 Å². The molecule has 3 heteroatoms. The summed E-state index contributed by atoms with van der Waals surface area (Å²) in [5.74, 6) is 0. The third-order valence-corrected chi connectivity index (χ3v) is 3.96. The summed E-state index contributed by atoms with van der Waals surface area (Å²) in [6.07, 6.45) is 0. The van der Waals surface area contributed by atoms with Crippen molar-refractivity contribution in [1.82, 2.24) is 4.98 Å². The second kappa shape index (κ2) is 4.42. The average molecular weight is 254 g/mol. The van der Waals surface area contributed by atoms with Gasteiger partial charge in [-0.15, -0.1) is 0 Å². The first kappa shape index (κ1) is 11.2. The molecule has 1 N–H and O–H groups in total. The fourth-order valence-corrected chi connectivity index (χ4v) is 2.91. The van der Waals surface area contributed by atoms with Crippen LogP contribution in [0, 0.1) is 13.8 Å². The smallest absolute Gasteiger partial charge is 0.188 e. The van der Waals surface area contributed by atoms with Crippen LogP contribution < -0.4 is 5.32 Å². The number of nitrogens with one attached hydrogen (secondary N) is 1. The fourth-order valence-electron chi connectivity index (χ4n) is 2.04. The Kier molecular flexibility index (Phi) is 2.76. The van der Waals surface area contributed by atoms with E-state index in [1.807, 2.05) is 18.2 Å². The normalized spacial score (nSPS) is 10.8. The van der Waals surface area contributed by atoms with Crippen molar-refractivity contribution in [3.8, 4) is 0 Å². The van der Waals surface area contributed by atoms with Gasteiger partial charge in [0.25, 0.3) is 0 Å². The molecule has 18 heavy (non-hydrogen) atoms. The quantitative estimate of drug-likeness (QED) is 0.719. The highest BCUT2D eigenvalue weighted by molar-refractivity contribution is 7.22. The van der Waals surface area contributed by atoms with Crippen LogP contribution in [0.2, 0.25) is 0 Å². The lowest BCUT2D eigenvalue weighted by Crippen LogP contribution is -1.94. The maximum Gasteiger partial charge on any atom is 0.188 e. The molecule has 0 atom stereocenters. The monoisotopic (exact) mass is 254 g/mol. The minimum absolute atomic E-state index is 0.952. The van der Waals surface area contributed by atoms with E-state index in [9.17, 15) is 0 Å². The van der Waals surface area contributed by atoms with Crippen molar-refractivity contribution in [3.05, 3.63) is 53.6 Å². The Morgan fingerprint density at radius 1 is 0.944 bits per heavy atom. The molecule has 0 spiro atoms. The SMILES string of the molecule is Cc1cccc(C)c1Nc1nc2ccccc2s1. The molecule has 2 nitrogen and oxygen atoms in total. The number of aryl methyl sites for hydroxylation is 2. The number of anilines is 2. The molecule has 0 saturated heterocycles. The largest absolute Gasteiger partial charge is 0.331 e. The number of benzene rings is 2. The Balaban J connectivity index is 2.01. The summed E-state index contributed by atoms with van der Waals surface area (Å²) < 4.78 is 1.21. The number of nitrogens with zero attached hydrogens (tertiary/aromatic N) is 1. The van der Waals surface area contributed by atoms with E-state index in [0.29, 0.717) is 0 Å². The summed E-state index contributed by atoms with van der Waals surface area (Å²) in [7, 11) is 0. The number of hydrogen-bond donors (Lipinski definition) is 1. The van der Waals surface area contributed by atoms with Gasteiger partial charge < -0.3 is 5.32 Å². The minimum Gasteiger partial charge on any atom is -0.331 e. The fraction of sp³-hybridized carbons (Fsp3) is 0.133. The zero-order valence-corrected chi connectivity index (χ0v) is 11.2. The molecular weight excluding hydrogens is 240 g/mol. The molecule has 0 amide bonds. The van der Waals surface area contributed by atoms with Gasteiger partial charge in [-0.25, -0.2) is 4.98 Å². The van der Waals surface area contributed by atoms with E-state index < -0.39 is 0 Å². The molecule has 0 aliphatic carbocycles. The standard InChI is InChI=1S/C15H14N2S/c1-10-6-5-7-11(2)14(10)17-15-16-12-8-3-4-9-13(12)18-15/h3-9H,1-2H3,(H,16,17). The molecule has 0 radical (unpaired) electrons. The van der Waals surface area contributed by atoms with Crippen molar-refractivity contribution in [2.75, 3.05) is 5.32 Å². The lowest BCUT2D eigenvalue weighted by Gasteiger charge is -2.09. The van der Waals surface area contributed by atoms with Gasteiger partial charge in [-0.05, 0) is 37.1 Å². The van der Waals surface area contributed by atoms with Gasteiger partial charge in [0.05, 0.1) is 10.2 Å². The maximum atomic E-state index is 4.60. The molecule has 90 valence electrons. The highest BCUT2D eigenvalue weighted by atomic mass is 32.1. The molecule has 0 aliphatic heterocycles. The van der Waals surface area contributed by atoms with Gasteiger partial charge in [0.1, 0.15) is 0 Å². The summed E-state index contributed by atoms with van der Waals surface area (Å²) in [5, 5.41) is 4.39. The second-order valence-corrected chi connectivity index (χ2v) is 5.41.